The predicted molar refractivity (Wildman–Crippen MR) is 151 cm³/mol. The minimum atomic E-state index is -5.02. The van der Waals surface area contributed by atoms with E-state index in [0.717, 1.165) is 0 Å². The van der Waals surface area contributed by atoms with Crippen LogP contribution in [0.1, 0.15) is 36.8 Å². The van der Waals surface area contributed by atoms with Crippen LogP contribution < -0.4 is 9.47 Å². The summed E-state index contributed by atoms with van der Waals surface area (Å²) in [4.78, 5) is 2.84. The van der Waals surface area contributed by atoms with Crippen molar-refractivity contribution in [1.82, 2.24) is 9.80 Å². The molecule has 4 atom stereocenters. The van der Waals surface area contributed by atoms with Crippen molar-refractivity contribution in [2.75, 3.05) is 39.3 Å². The van der Waals surface area contributed by atoms with Gasteiger partial charge in [-0.25, -0.2) is 0 Å². The summed E-state index contributed by atoms with van der Waals surface area (Å²) in [5.74, 6) is 0.907. The molecule has 0 bridgehead atoms. The normalized spacial score (nSPS) is 21.3. The summed E-state index contributed by atoms with van der Waals surface area (Å²) in [5.41, 5.74) is 0.863. The van der Waals surface area contributed by atoms with Gasteiger partial charge in [0.2, 0.25) is 0 Å². The maximum atomic E-state index is 14.0. The van der Waals surface area contributed by atoms with Crippen molar-refractivity contribution in [2.45, 2.75) is 62.5 Å². The van der Waals surface area contributed by atoms with Crippen LogP contribution in [-0.2, 0) is 4.74 Å². The number of nitrogens with zero attached hydrogens (tertiary/aromatic N) is 4. The molecular weight excluding hydrogens is 614 g/mol. The van der Waals surface area contributed by atoms with E-state index in [0.29, 0.717) is 48.3 Å². The number of likely N-dealkylation sites (tertiary alicyclic amines) is 2. The van der Waals surface area contributed by atoms with E-state index in [1.165, 1.54) is 9.80 Å². The molecule has 240 valence electrons. The number of hydrogen-bond acceptors (Lipinski definition) is 7. The molecule has 0 radical (unpaired) electrons. The van der Waals surface area contributed by atoms with Gasteiger partial charge in [0.25, 0.3) is 0 Å². The van der Waals surface area contributed by atoms with Gasteiger partial charge in [-0.3, -0.25) is 9.80 Å². The second-order valence-electron chi connectivity index (χ2n) is 10.8. The molecule has 0 aromatic heterocycles. The van der Waals surface area contributed by atoms with Gasteiger partial charge in [0.15, 0.2) is 12.2 Å². The Morgan fingerprint density at radius 2 is 1.05 bits per heavy atom. The van der Waals surface area contributed by atoms with Crippen LogP contribution in [0, 0.1) is 22.7 Å². The van der Waals surface area contributed by atoms with Crippen LogP contribution in [0.5, 0.6) is 11.5 Å². The van der Waals surface area contributed by atoms with E-state index in [4.69, 9.17) is 24.7 Å². The average molecular weight is 647 g/mol. The van der Waals surface area contributed by atoms with Crippen molar-refractivity contribution in [3.8, 4) is 23.6 Å². The van der Waals surface area contributed by atoms with Crippen molar-refractivity contribution in [3.63, 3.8) is 0 Å². The summed E-state index contributed by atoms with van der Waals surface area (Å²) in [6, 6.07) is 16.6. The van der Waals surface area contributed by atoms with E-state index in [1.54, 1.807) is 48.5 Å². The fraction of sp³-hybridized carbons (Fsp3) is 0.533. The Labute approximate surface area is 258 Å². The predicted octanol–water partition coefficient (Wildman–Crippen LogP) is 6.12. The summed E-state index contributed by atoms with van der Waals surface area (Å²) in [6.07, 6.45) is -14.1. The third kappa shape index (κ3) is 10.4. The zero-order valence-corrected chi connectivity index (χ0v) is 24.5. The van der Waals surface area contributed by atoms with E-state index in [1.807, 2.05) is 12.1 Å². The largest absolute Gasteiger partial charge is 0.489 e. The minimum absolute atomic E-state index is 0. The van der Waals surface area contributed by atoms with Gasteiger partial charge in [-0.1, -0.05) is 0 Å². The summed E-state index contributed by atoms with van der Waals surface area (Å²) in [7, 11) is 0. The van der Waals surface area contributed by atoms with Gasteiger partial charge in [-0.05, 0) is 87.3 Å². The third-order valence-corrected chi connectivity index (χ3v) is 7.40. The Morgan fingerprint density at radius 1 is 0.682 bits per heavy atom. The number of alkyl halides is 6. The number of benzene rings is 2. The van der Waals surface area contributed by atoms with E-state index in [9.17, 15) is 26.3 Å². The summed E-state index contributed by atoms with van der Waals surface area (Å²) >= 11 is 0. The first kappa shape index (κ1) is 35.3. The van der Waals surface area contributed by atoms with Gasteiger partial charge < -0.3 is 14.2 Å². The first-order valence-corrected chi connectivity index (χ1v) is 14.0. The minimum Gasteiger partial charge on any atom is -0.489 e. The summed E-state index contributed by atoms with van der Waals surface area (Å²) in [5, 5.41) is 17.9. The van der Waals surface area contributed by atoms with Gasteiger partial charge in [0, 0.05) is 26.2 Å². The van der Waals surface area contributed by atoms with Crippen molar-refractivity contribution in [2.24, 2.45) is 0 Å². The van der Waals surface area contributed by atoms with Crippen LogP contribution in [-0.4, -0.2) is 85.8 Å². The molecule has 0 aliphatic carbocycles. The molecule has 2 aliphatic rings. The monoisotopic (exact) mass is 646 g/mol. The van der Waals surface area contributed by atoms with Gasteiger partial charge in [-0.2, -0.15) is 36.9 Å². The van der Waals surface area contributed by atoms with Gasteiger partial charge in [0.1, 0.15) is 23.7 Å². The lowest BCUT2D eigenvalue weighted by Crippen LogP contribution is -2.54. The molecule has 7 nitrogen and oxygen atoms in total. The first-order chi connectivity index (χ1) is 20.4. The molecule has 2 saturated heterocycles. The van der Waals surface area contributed by atoms with Crippen molar-refractivity contribution in [1.29, 1.82) is 10.5 Å². The first-order valence-electron chi connectivity index (χ1n) is 14.0. The molecule has 14 heteroatoms. The maximum absolute atomic E-state index is 14.0. The molecular formula is C30H33ClF6N4O3. The number of piperidine rings is 2. The zero-order valence-electron chi connectivity index (χ0n) is 23.7. The maximum Gasteiger partial charge on any atom is 0.415 e. The summed E-state index contributed by atoms with van der Waals surface area (Å²) < 4.78 is 101. The fourth-order valence-electron chi connectivity index (χ4n) is 5.27. The molecule has 0 N–H and O–H groups in total. The Balaban J connectivity index is 0.00000529. The highest BCUT2D eigenvalue weighted by atomic mass is 35.5. The van der Waals surface area contributed by atoms with E-state index in [2.05, 4.69) is 0 Å². The Kier molecular flexibility index (Phi) is 12.6. The lowest BCUT2D eigenvalue weighted by molar-refractivity contribution is -0.291. The lowest BCUT2D eigenvalue weighted by atomic mass is 10.1. The standard InChI is InChI=1S/C30H32F6N4O3.ClH/c31-29(32,33)27(19-39-13-1-3-25(17-39)41-23-9-5-21(15-37)6-10-23)43-28(30(34,35)36)20-40-14-2-4-26(18-40)42-24-11-7-22(16-38)8-12-24;/h5-12,25-28H,1-4,13-14,17-20H2;1H/t25?,26?,27-,28-;/m0./s1. The number of halogens is 7. The molecule has 2 aromatic rings. The van der Waals surface area contributed by atoms with Crippen LogP contribution >= 0.6 is 12.4 Å². The highest BCUT2D eigenvalue weighted by molar-refractivity contribution is 5.85. The van der Waals surface area contributed by atoms with E-state index < -0.39 is 49.9 Å². The molecule has 4 rings (SSSR count). The van der Waals surface area contributed by atoms with Crippen molar-refractivity contribution in [3.05, 3.63) is 59.7 Å². The molecule has 2 fully saturated rings. The highest BCUT2D eigenvalue weighted by Gasteiger charge is 2.50. The second-order valence-corrected chi connectivity index (χ2v) is 10.8. The molecule has 2 aromatic carbocycles. The van der Waals surface area contributed by atoms with Crippen LogP contribution in [0.25, 0.3) is 0 Å². The highest BCUT2D eigenvalue weighted by Crippen LogP contribution is 2.32. The van der Waals surface area contributed by atoms with Gasteiger partial charge in [0.05, 0.1) is 23.3 Å². The van der Waals surface area contributed by atoms with Crippen LogP contribution in [0.3, 0.4) is 0 Å². The van der Waals surface area contributed by atoms with E-state index in [-0.39, 0.29) is 38.6 Å². The SMILES string of the molecule is Cl.N#Cc1ccc(OC2CCCN(C[C@H](O[C@@H](CN3CCCC(Oc4ccc(C#N)cc4)C3)C(F)(F)F)C(F)(F)F)C2)cc1. The Hall–Kier alpha value is -3.23. The average Bonchev–Trinajstić information content (AvgIpc) is 2.96. The Morgan fingerprint density at radius 3 is 1.36 bits per heavy atom. The van der Waals surface area contributed by atoms with Crippen molar-refractivity contribution >= 4 is 12.4 Å². The fourth-order valence-corrected chi connectivity index (χ4v) is 5.27. The third-order valence-electron chi connectivity index (χ3n) is 7.40. The molecule has 2 aliphatic heterocycles. The number of ether oxygens (including phenoxy) is 3. The van der Waals surface area contributed by atoms with Crippen LogP contribution in [0.15, 0.2) is 48.5 Å². The van der Waals surface area contributed by atoms with Gasteiger partial charge >= 0.3 is 12.4 Å². The molecule has 2 unspecified atom stereocenters. The lowest BCUT2D eigenvalue weighted by Gasteiger charge is -2.38. The molecule has 0 spiro atoms. The Bertz CT molecular complexity index is 1170. The molecule has 0 amide bonds. The smallest absolute Gasteiger partial charge is 0.415 e. The quantitative estimate of drug-likeness (QED) is 0.288. The van der Waals surface area contributed by atoms with E-state index >= 15 is 0 Å². The number of nitriles is 2. The zero-order chi connectivity index (χ0) is 31.0. The number of rotatable bonds is 10. The summed E-state index contributed by atoms with van der Waals surface area (Å²) in [6.45, 7) is -0.803. The number of hydrogen-bond donors (Lipinski definition) is 0. The topological polar surface area (TPSA) is 81.8 Å². The molecule has 2 heterocycles. The van der Waals surface area contributed by atoms with Crippen LogP contribution in [0.4, 0.5) is 26.3 Å². The van der Waals surface area contributed by atoms with Gasteiger partial charge in [-0.15, -0.1) is 12.4 Å². The van der Waals surface area contributed by atoms with Crippen molar-refractivity contribution < 1.29 is 40.6 Å². The second kappa shape index (κ2) is 15.7. The molecule has 44 heavy (non-hydrogen) atoms. The van der Waals surface area contributed by atoms with Crippen LogP contribution in [0.2, 0.25) is 0 Å². The molecule has 0 saturated carbocycles.